The van der Waals surface area contributed by atoms with E-state index in [9.17, 15) is 4.79 Å². The lowest BCUT2D eigenvalue weighted by Crippen LogP contribution is -2.43. The van der Waals surface area contributed by atoms with Gasteiger partial charge >= 0.3 is 0 Å². The van der Waals surface area contributed by atoms with Gasteiger partial charge in [-0.1, -0.05) is 30.3 Å². The van der Waals surface area contributed by atoms with Gasteiger partial charge in [0.15, 0.2) is 0 Å². The van der Waals surface area contributed by atoms with Gasteiger partial charge in [0.2, 0.25) is 0 Å². The number of hydrogen-bond acceptors (Lipinski definition) is 4. The van der Waals surface area contributed by atoms with Crippen LogP contribution in [-0.4, -0.2) is 46.2 Å². The Balaban J connectivity index is 1.08. The van der Waals surface area contributed by atoms with Crippen LogP contribution in [0.2, 0.25) is 0 Å². The maximum absolute atomic E-state index is 13.3. The van der Waals surface area contributed by atoms with Crippen LogP contribution in [-0.2, 0) is 0 Å². The molecule has 1 unspecified atom stereocenters. The van der Waals surface area contributed by atoms with Gasteiger partial charge in [0.1, 0.15) is 11.9 Å². The standard InChI is InChI=1S/C32H34N4O2/c1-36-24-12-13-25(36)19-27(18-24)38-26-14-9-22(10-15-26)31-28-17-23(11-16-29(28)34-35-31)32(37)33-30(21-7-8-21)20-5-3-2-4-6-20/h2-6,9-11,14-17,21,24-25,27,30H,7-8,12-13,18-19H2,1H3,(H,33,37)(H,34,35)/t24-,25+,27?,30-/m0/s1. The molecule has 4 aromatic rings. The molecule has 3 fully saturated rings. The van der Waals surface area contributed by atoms with Gasteiger partial charge in [-0.2, -0.15) is 5.10 Å². The van der Waals surface area contributed by atoms with Crippen molar-refractivity contribution in [2.45, 2.75) is 62.8 Å². The number of nitrogens with one attached hydrogen (secondary N) is 2. The maximum Gasteiger partial charge on any atom is 0.251 e. The van der Waals surface area contributed by atoms with Crippen LogP contribution in [0.3, 0.4) is 0 Å². The third-order valence-corrected chi connectivity index (χ3v) is 8.85. The Kier molecular flexibility index (Phi) is 5.92. The van der Waals surface area contributed by atoms with E-state index in [1.807, 2.05) is 48.5 Å². The Bertz CT molecular complexity index is 1430. The summed E-state index contributed by atoms with van der Waals surface area (Å²) in [6.45, 7) is 0. The highest BCUT2D eigenvalue weighted by molar-refractivity contribution is 6.01. The summed E-state index contributed by atoms with van der Waals surface area (Å²) < 4.78 is 6.38. The van der Waals surface area contributed by atoms with Crippen molar-refractivity contribution in [3.8, 4) is 17.0 Å². The molecule has 7 rings (SSSR count). The molecule has 1 saturated carbocycles. The average molecular weight is 507 g/mol. The monoisotopic (exact) mass is 506 g/mol. The lowest BCUT2D eigenvalue weighted by atomic mass is 10.0. The number of H-pyrrole nitrogens is 1. The van der Waals surface area contributed by atoms with Crippen LogP contribution in [0.5, 0.6) is 5.75 Å². The van der Waals surface area contributed by atoms with E-state index in [0.29, 0.717) is 23.6 Å². The number of piperidine rings is 1. The fraction of sp³-hybridized carbons (Fsp3) is 0.375. The van der Waals surface area contributed by atoms with Crippen LogP contribution < -0.4 is 10.1 Å². The summed E-state index contributed by atoms with van der Waals surface area (Å²) in [6, 6.07) is 25.7. The van der Waals surface area contributed by atoms with Gasteiger partial charge < -0.3 is 15.0 Å². The molecule has 1 aromatic heterocycles. The Hall–Kier alpha value is -3.64. The van der Waals surface area contributed by atoms with Crippen LogP contribution in [0.1, 0.15) is 60.5 Å². The maximum atomic E-state index is 13.3. The summed E-state index contributed by atoms with van der Waals surface area (Å²) in [5, 5.41) is 12.0. The summed E-state index contributed by atoms with van der Waals surface area (Å²) in [7, 11) is 2.26. The van der Waals surface area contributed by atoms with Gasteiger partial charge in [0.25, 0.3) is 5.91 Å². The molecule has 0 radical (unpaired) electrons. The summed E-state index contributed by atoms with van der Waals surface area (Å²) in [4.78, 5) is 15.9. The van der Waals surface area contributed by atoms with Crippen LogP contribution in [0.4, 0.5) is 0 Å². The number of fused-ring (bicyclic) bond motifs is 3. The number of carbonyl (C=O) groups is 1. The van der Waals surface area contributed by atoms with Crippen LogP contribution in [0.15, 0.2) is 72.8 Å². The van der Waals surface area contributed by atoms with Crippen molar-refractivity contribution in [1.82, 2.24) is 20.4 Å². The largest absolute Gasteiger partial charge is 0.490 e. The minimum absolute atomic E-state index is 0.0457. The number of nitrogens with zero attached hydrogens (tertiary/aromatic N) is 2. The highest BCUT2D eigenvalue weighted by Crippen LogP contribution is 2.41. The van der Waals surface area contributed by atoms with Crippen molar-refractivity contribution in [3.63, 3.8) is 0 Å². The number of carbonyl (C=O) groups excluding carboxylic acids is 1. The zero-order chi connectivity index (χ0) is 25.6. The van der Waals surface area contributed by atoms with Gasteiger partial charge in [-0.15, -0.1) is 0 Å². The van der Waals surface area contributed by atoms with Crippen molar-refractivity contribution in [2.24, 2.45) is 5.92 Å². The molecule has 3 heterocycles. The number of aromatic amines is 1. The van der Waals surface area contributed by atoms with Gasteiger partial charge in [0, 0.05) is 28.6 Å². The van der Waals surface area contributed by atoms with E-state index in [-0.39, 0.29) is 18.1 Å². The Morgan fingerprint density at radius 1 is 0.974 bits per heavy atom. The molecule has 194 valence electrons. The molecule has 6 heteroatoms. The topological polar surface area (TPSA) is 70.2 Å². The minimum Gasteiger partial charge on any atom is -0.490 e. The predicted octanol–water partition coefficient (Wildman–Crippen LogP) is 6.12. The first-order valence-corrected chi connectivity index (χ1v) is 14.0. The summed E-state index contributed by atoms with van der Waals surface area (Å²) in [5.74, 6) is 1.38. The smallest absolute Gasteiger partial charge is 0.251 e. The lowest BCUT2D eigenvalue weighted by molar-refractivity contribution is 0.0662. The third-order valence-electron chi connectivity index (χ3n) is 8.85. The van der Waals surface area contributed by atoms with E-state index in [1.165, 1.54) is 18.4 Å². The van der Waals surface area contributed by atoms with Crippen molar-refractivity contribution in [2.75, 3.05) is 7.05 Å². The molecular weight excluding hydrogens is 472 g/mol. The number of amides is 1. The van der Waals surface area contributed by atoms with Gasteiger partial charge in [-0.3, -0.25) is 9.89 Å². The molecule has 3 aromatic carbocycles. The molecular formula is C32H34N4O2. The number of benzene rings is 3. The van der Waals surface area contributed by atoms with Crippen LogP contribution >= 0.6 is 0 Å². The minimum atomic E-state index is -0.0457. The Labute approximate surface area is 223 Å². The molecule has 2 bridgehead atoms. The molecule has 2 saturated heterocycles. The second-order valence-corrected chi connectivity index (χ2v) is 11.3. The average Bonchev–Trinajstić information content (AvgIpc) is 3.67. The lowest BCUT2D eigenvalue weighted by Gasteiger charge is -2.36. The van der Waals surface area contributed by atoms with Crippen molar-refractivity contribution in [3.05, 3.63) is 83.9 Å². The number of aromatic nitrogens is 2. The molecule has 38 heavy (non-hydrogen) atoms. The molecule has 4 atom stereocenters. The van der Waals surface area contributed by atoms with Crippen LogP contribution in [0.25, 0.3) is 22.2 Å². The second kappa shape index (κ2) is 9.59. The van der Waals surface area contributed by atoms with E-state index in [4.69, 9.17) is 4.74 Å². The molecule has 6 nitrogen and oxygen atoms in total. The summed E-state index contributed by atoms with van der Waals surface area (Å²) >= 11 is 0. The fourth-order valence-electron chi connectivity index (χ4n) is 6.50. The SMILES string of the molecule is CN1[C@@H]2CC[C@H]1CC(Oc1ccc(-c3n[nH]c4ccc(C(=O)N[C@@H](c5ccccc5)C5CC5)cc34)cc1)C2. The Morgan fingerprint density at radius 3 is 2.42 bits per heavy atom. The molecule has 2 N–H and O–H groups in total. The zero-order valence-electron chi connectivity index (χ0n) is 21.8. The van der Waals surface area contributed by atoms with E-state index in [1.54, 1.807) is 0 Å². The number of hydrogen-bond donors (Lipinski definition) is 2. The molecule has 2 aliphatic heterocycles. The van der Waals surface area contributed by atoms with Gasteiger partial charge in [-0.25, -0.2) is 0 Å². The van der Waals surface area contributed by atoms with Gasteiger partial charge in [0.05, 0.1) is 17.3 Å². The van der Waals surface area contributed by atoms with Crippen LogP contribution in [0, 0.1) is 5.92 Å². The highest BCUT2D eigenvalue weighted by atomic mass is 16.5. The molecule has 3 aliphatic rings. The van der Waals surface area contributed by atoms with E-state index < -0.39 is 0 Å². The van der Waals surface area contributed by atoms with E-state index in [0.717, 1.165) is 53.6 Å². The normalized spacial score (nSPS) is 23.9. The second-order valence-electron chi connectivity index (χ2n) is 11.3. The molecule has 1 aliphatic carbocycles. The van der Waals surface area contributed by atoms with Gasteiger partial charge in [-0.05, 0) is 99.5 Å². The summed E-state index contributed by atoms with van der Waals surface area (Å²) in [5.41, 5.74) is 4.59. The van der Waals surface area contributed by atoms with Crippen molar-refractivity contribution in [1.29, 1.82) is 0 Å². The Morgan fingerprint density at radius 2 is 1.71 bits per heavy atom. The van der Waals surface area contributed by atoms with Crippen molar-refractivity contribution >= 4 is 16.8 Å². The first-order valence-electron chi connectivity index (χ1n) is 14.0. The van der Waals surface area contributed by atoms with Crippen molar-refractivity contribution < 1.29 is 9.53 Å². The first kappa shape index (κ1) is 23.5. The zero-order valence-corrected chi connectivity index (χ0v) is 21.8. The third kappa shape index (κ3) is 4.47. The highest BCUT2D eigenvalue weighted by Gasteiger charge is 2.39. The number of rotatable bonds is 7. The number of ether oxygens (including phenoxy) is 1. The fourth-order valence-corrected chi connectivity index (χ4v) is 6.50. The summed E-state index contributed by atoms with van der Waals surface area (Å²) in [6.07, 6.45) is 7.40. The predicted molar refractivity (Wildman–Crippen MR) is 149 cm³/mol. The van der Waals surface area contributed by atoms with E-state index >= 15 is 0 Å². The molecule has 0 spiro atoms. The quantitative estimate of drug-likeness (QED) is 0.317. The first-order chi connectivity index (χ1) is 18.6. The molecule has 1 amide bonds. The van der Waals surface area contributed by atoms with E-state index in [2.05, 4.69) is 51.7 Å².